The minimum Gasteiger partial charge on any atom is -0.481 e. The van der Waals surface area contributed by atoms with E-state index in [4.69, 9.17) is 9.84 Å². The summed E-state index contributed by atoms with van der Waals surface area (Å²) in [4.78, 5) is 22.5. The fourth-order valence-corrected chi connectivity index (χ4v) is 5.07. The van der Waals surface area contributed by atoms with Gasteiger partial charge in [0.2, 0.25) is 0 Å². The first-order valence-corrected chi connectivity index (χ1v) is 10.2. The van der Waals surface area contributed by atoms with Crippen molar-refractivity contribution in [2.75, 3.05) is 12.4 Å². The minimum absolute atomic E-state index is 0.261. The lowest BCUT2D eigenvalue weighted by Crippen LogP contribution is -2.36. The highest BCUT2D eigenvalue weighted by molar-refractivity contribution is 7.99. The van der Waals surface area contributed by atoms with E-state index in [0.29, 0.717) is 18.9 Å². The smallest absolute Gasteiger partial charge is 0.307 e. The van der Waals surface area contributed by atoms with Gasteiger partial charge in [-0.25, -0.2) is 0 Å². The molecule has 24 heavy (non-hydrogen) atoms. The summed E-state index contributed by atoms with van der Waals surface area (Å²) in [6.07, 6.45) is 8.03. The number of carbonyl (C=O) groups is 2. The number of hydrogen-bond donors (Lipinski definition) is 2. The second-order valence-electron chi connectivity index (χ2n) is 7.30. The van der Waals surface area contributed by atoms with Gasteiger partial charge in [-0.2, -0.15) is 11.8 Å². The van der Waals surface area contributed by atoms with Crippen LogP contribution in [-0.2, 0) is 14.3 Å². The molecule has 0 heterocycles. The lowest BCUT2D eigenvalue weighted by Gasteiger charge is -2.31. The largest absolute Gasteiger partial charge is 0.481 e. The number of carboxylic acids is 2. The molecule has 0 aromatic carbocycles. The van der Waals surface area contributed by atoms with Gasteiger partial charge < -0.3 is 14.9 Å². The van der Waals surface area contributed by atoms with Crippen LogP contribution in [-0.4, -0.2) is 45.9 Å². The van der Waals surface area contributed by atoms with E-state index >= 15 is 0 Å². The Kier molecular flexibility index (Phi) is 7.88. The Bertz CT molecular complexity index is 420. The maximum atomic E-state index is 11.3. The third-order valence-corrected chi connectivity index (χ3v) is 6.82. The second kappa shape index (κ2) is 9.66. The van der Waals surface area contributed by atoms with E-state index in [0.717, 1.165) is 31.1 Å². The maximum absolute atomic E-state index is 11.3. The van der Waals surface area contributed by atoms with Gasteiger partial charge >= 0.3 is 11.9 Å². The van der Waals surface area contributed by atoms with Crippen LogP contribution in [0.4, 0.5) is 0 Å². The Balaban J connectivity index is 1.61. The van der Waals surface area contributed by atoms with Crippen molar-refractivity contribution >= 4 is 23.7 Å². The first-order valence-electron chi connectivity index (χ1n) is 9.16. The molecule has 0 aromatic heterocycles. The van der Waals surface area contributed by atoms with Gasteiger partial charge in [0, 0.05) is 11.9 Å². The highest BCUT2D eigenvalue weighted by Gasteiger charge is 2.39. The van der Waals surface area contributed by atoms with E-state index in [-0.39, 0.29) is 5.25 Å². The molecule has 2 aliphatic rings. The van der Waals surface area contributed by atoms with Crippen molar-refractivity contribution in [3.05, 3.63) is 0 Å². The van der Waals surface area contributed by atoms with E-state index in [2.05, 4.69) is 6.92 Å². The van der Waals surface area contributed by atoms with Crippen LogP contribution in [0.2, 0.25) is 0 Å². The molecule has 0 spiro atoms. The average Bonchev–Trinajstić information content (AvgIpc) is 2.56. The Hall–Kier alpha value is -0.750. The molecule has 2 aliphatic carbocycles. The topological polar surface area (TPSA) is 83.8 Å². The number of hydrogen-bond acceptors (Lipinski definition) is 4. The summed E-state index contributed by atoms with van der Waals surface area (Å²) < 4.78 is 5.94. The fourth-order valence-electron chi connectivity index (χ4n) is 3.81. The zero-order chi connectivity index (χ0) is 17.5. The monoisotopic (exact) mass is 358 g/mol. The van der Waals surface area contributed by atoms with Crippen LogP contribution in [0, 0.1) is 17.8 Å². The Morgan fingerprint density at radius 1 is 1.00 bits per heavy atom. The molecule has 5 nitrogen and oxygen atoms in total. The molecule has 0 aliphatic heterocycles. The summed E-state index contributed by atoms with van der Waals surface area (Å²) >= 11 is 1.78. The van der Waals surface area contributed by atoms with E-state index < -0.39 is 23.8 Å². The Labute approximate surface area is 148 Å². The lowest BCUT2D eigenvalue weighted by molar-refractivity contribution is -0.155. The molecule has 0 radical (unpaired) electrons. The van der Waals surface area contributed by atoms with Gasteiger partial charge in [-0.3, -0.25) is 9.59 Å². The highest BCUT2D eigenvalue weighted by Crippen LogP contribution is 2.37. The van der Waals surface area contributed by atoms with Gasteiger partial charge in [-0.05, 0) is 63.0 Å². The van der Waals surface area contributed by atoms with Crippen molar-refractivity contribution in [3.8, 4) is 0 Å². The van der Waals surface area contributed by atoms with Crippen LogP contribution in [0.25, 0.3) is 0 Å². The van der Waals surface area contributed by atoms with E-state index in [1.54, 1.807) is 11.8 Å². The summed E-state index contributed by atoms with van der Waals surface area (Å²) in [6.45, 7) is 3.08. The average molecular weight is 359 g/mol. The maximum Gasteiger partial charge on any atom is 0.307 e. The van der Waals surface area contributed by atoms with Crippen molar-refractivity contribution in [1.29, 1.82) is 0 Å². The van der Waals surface area contributed by atoms with E-state index in [1.165, 1.54) is 25.7 Å². The molecule has 0 amide bonds. The SMILES string of the molecule is CC1CCC(OCCCSC2CCC(C(=O)O)C(C(=O)O)C2)CC1. The van der Waals surface area contributed by atoms with Crippen molar-refractivity contribution in [1.82, 2.24) is 0 Å². The number of rotatable bonds is 8. The van der Waals surface area contributed by atoms with Crippen LogP contribution in [0.1, 0.15) is 58.3 Å². The number of ether oxygens (including phenoxy) is 1. The molecule has 2 rings (SSSR count). The van der Waals surface area contributed by atoms with E-state index in [9.17, 15) is 14.7 Å². The highest BCUT2D eigenvalue weighted by atomic mass is 32.2. The van der Waals surface area contributed by atoms with Crippen LogP contribution in [0.15, 0.2) is 0 Å². The first kappa shape index (κ1) is 19.6. The van der Waals surface area contributed by atoms with Crippen molar-refractivity contribution in [2.45, 2.75) is 69.6 Å². The van der Waals surface area contributed by atoms with Crippen LogP contribution >= 0.6 is 11.8 Å². The van der Waals surface area contributed by atoms with Gasteiger partial charge in [-0.15, -0.1) is 0 Å². The third kappa shape index (κ3) is 5.96. The summed E-state index contributed by atoms with van der Waals surface area (Å²) in [6, 6.07) is 0. The minimum atomic E-state index is -0.971. The Morgan fingerprint density at radius 3 is 2.29 bits per heavy atom. The normalized spacial score (nSPS) is 34.0. The fraction of sp³-hybridized carbons (Fsp3) is 0.889. The first-order chi connectivity index (χ1) is 11.5. The molecule has 138 valence electrons. The molecule has 2 N–H and O–H groups in total. The van der Waals surface area contributed by atoms with Crippen LogP contribution < -0.4 is 0 Å². The zero-order valence-corrected chi connectivity index (χ0v) is 15.3. The predicted octanol–water partition coefficient (Wildman–Crippen LogP) is 3.66. The zero-order valence-electron chi connectivity index (χ0n) is 14.5. The summed E-state index contributed by atoms with van der Waals surface area (Å²) in [5, 5.41) is 18.7. The molecular formula is C18H30O5S. The second-order valence-corrected chi connectivity index (χ2v) is 8.71. The number of carboxylic acid groups (broad SMARTS) is 2. The molecule has 3 atom stereocenters. The quantitative estimate of drug-likeness (QED) is 0.644. The molecule has 0 saturated heterocycles. The van der Waals surface area contributed by atoms with Crippen molar-refractivity contribution in [3.63, 3.8) is 0 Å². The number of thioether (sulfide) groups is 1. The van der Waals surface area contributed by atoms with Gasteiger partial charge in [0.25, 0.3) is 0 Å². The lowest BCUT2D eigenvalue weighted by atomic mass is 9.79. The van der Waals surface area contributed by atoms with Gasteiger partial charge in [0.15, 0.2) is 0 Å². The van der Waals surface area contributed by atoms with E-state index in [1.807, 2.05) is 0 Å². The molecule has 6 heteroatoms. The van der Waals surface area contributed by atoms with Gasteiger partial charge in [0.05, 0.1) is 17.9 Å². The standard InChI is InChI=1S/C18H30O5S/c1-12-3-5-13(6-4-12)23-9-2-10-24-14-7-8-15(17(19)20)16(11-14)18(21)22/h12-16H,2-11H2,1H3,(H,19,20)(H,21,22). The Morgan fingerprint density at radius 2 is 1.67 bits per heavy atom. The van der Waals surface area contributed by atoms with Crippen LogP contribution in [0.3, 0.4) is 0 Å². The molecule has 0 aromatic rings. The molecule has 2 saturated carbocycles. The number of aliphatic carboxylic acids is 2. The molecule has 0 bridgehead atoms. The molecule has 2 fully saturated rings. The summed E-state index contributed by atoms with van der Waals surface area (Å²) in [5.74, 6) is -1.62. The summed E-state index contributed by atoms with van der Waals surface area (Å²) in [7, 11) is 0. The predicted molar refractivity (Wildman–Crippen MR) is 94.3 cm³/mol. The van der Waals surface area contributed by atoms with Gasteiger partial charge in [-0.1, -0.05) is 6.92 Å². The summed E-state index contributed by atoms with van der Waals surface area (Å²) in [5.41, 5.74) is 0. The molecule has 3 unspecified atom stereocenters. The third-order valence-electron chi connectivity index (χ3n) is 5.40. The van der Waals surface area contributed by atoms with Gasteiger partial charge in [0.1, 0.15) is 0 Å². The molecular weight excluding hydrogens is 328 g/mol. The van der Waals surface area contributed by atoms with Crippen molar-refractivity contribution in [2.24, 2.45) is 17.8 Å². The van der Waals surface area contributed by atoms with Crippen molar-refractivity contribution < 1.29 is 24.5 Å². The van der Waals surface area contributed by atoms with Crippen LogP contribution in [0.5, 0.6) is 0 Å².